The minimum absolute atomic E-state index is 0.0218. The zero-order chi connectivity index (χ0) is 17.7. The van der Waals surface area contributed by atoms with E-state index in [0.717, 1.165) is 18.4 Å². The van der Waals surface area contributed by atoms with Crippen molar-refractivity contribution in [3.8, 4) is 6.07 Å². The Morgan fingerprint density at radius 2 is 2.29 bits per heavy atom. The molecular formula is C17H19BrClN3O2. The lowest BCUT2D eigenvalue weighted by atomic mass is 9.80. The van der Waals surface area contributed by atoms with Crippen LogP contribution in [0.3, 0.4) is 0 Å². The topological polar surface area (TPSA) is 66.2 Å². The molecule has 1 aromatic heterocycles. The zero-order valence-electron chi connectivity index (χ0n) is 13.9. The molecule has 3 rings (SSSR count). The molecule has 24 heavy (non-hydrogen) atoms. The Bertz CT molecular complexity index is 741. The number of pyridine rings is 1. The average molecular weight is 413 g/mol. The molecular weight excluding hydrogens is 394 g/mol. The Kier molecular flexibility index (Phi) is 4.29. The average Bonchev–Trinajstić information content (AvgIpc) is 3.04. The first-order valence-corrected chi connectivity index (χ1v) is 9.08. The molecule has 2 atom stereocenters. The SMILES string of the molecule is CC(C)(C)OC(=O)N1CC2(CCC(C#N)C2)c2c1ncc(Br)c2Cl. The van der Waals surface area contributed by atoms with E-state index in [-0.39, 0.29) is 11.3 Å². The molecule has 1 saturated carbocycles. The highest BCUT2D eigenvalue weighted by Gasteiger charge is 2.52. The number of nitrogens with zero attached hydrogens (tertiary/aromatic N) is 3. The largest absolute Gasteiger partial charge is 0.443 e. The molecule has 0 N–H and O–H groups in total. The van der Waals surface area contributed by atoms with Crippen LogP contribution in [0.1, 0.15) is 45.6 Å². The number of fused-ring (bicyclic) bond motifs is 2. The van der Waals surface area contributed by atoms with Gasteiger partial charge in [-0.1, -0.05) is 11.6 Å². The molecule has 7 heteroatoms. The van der Waals surface area contributed by atoms with Gasteiger partial charge in [-0.15, -0.1) is 0 Å². The fourth-order valence-corrected chi connectivity index (χ4v) is 4.30. The minimum Gasteiger partial charge on any atom is -0.443 e. The van der Waals surface area contributed by atoms with Gasteiger partial charge in [0.25, 0.3) is 0 Å². The van der Waals surface area contributed by atoms with E-state index >= 15 is 0 Å². The third kappa shape index (κ3) is 2.89. The maximum Gasteiger partial charge on any atom is 0.416 e. The quantitative estimate of drug-likeness (QED) is 0.613. The zero-order valence-corrected chi connectivity index (χ0v) is 16.2. The second-order valence-corrected chi connectivity index (χ2v) is 8.77. The molecule has 1 spiro atoms. The highest BCUT2D eigenvalue weighted by Crippen LogP contribution is 2.55. The van der Waals surface area contributed by atoms with E-state index in [2.05, 4.69) is 27.0 Å². The molecule has 1 aliphatic carbocycles. The number of hydrogen-bond acceptors (Lipinski definition) is 4. The number of halogens is 2. The van der Waals surface area contributed by atoms with E-state index in [9.17, 15) is 10.1 Å². The van der Waals surface area contributed by atoms with Crippen molar-refractivity contribution in [2.75, 3.05) is 11.4 Å². The van der Waals surface area contributed by atoms with E-state index in [1.165, 1.54) is 0 Å². The number of ether oxygens (including phenoxy) is 1. The number of rotatable bonds is 0. The first kappa shape index (κ1) is 17.5. The Balaban J connectivity index is 2.05. The van der Waals surface area contributed by atoms with Crippen LogP contribution in [0.25, 0.3) is 0 Å². The summed E-state index contributed by atoms with van der Waals surface area (Å²) in [5, 5.41) is 9.87. The van der Waals surface area contributed by atoms with Crippen molar-refractivity contribution in [3.05, 3.63) is 21.3 Å². The predicted octanol–water partition coefficient (Wildman–Crippen LogP) is 4.81. The van der Waals surface area contributed by atoms with Gasteiger partial charge in [-0.25, -0.2) is 9.78 Å². The molecule has 2 heterocycles. The van der Waals surface area contributed by atoms with E-state index in [4.69, 9.17) is 16.3 Å². The predicted molar refractivity (Wildman–Crippen MR) is 95.2 cm³/mol. The Labute approximate surface area is 155 Å². The molecule has 0 aromatic carbocycles. The summed E-state index contributed by atoms with van der Waals surface area (Å²) in [7, 11) is 0. The van der Waals surface area contributed by atoms with Crippen molar-refractivity contribution in [2.24, 2.45) is 5.92 Å². The Hall–Kier alpha value is -1.32. The standard InChI is InChI=1S/C17H19BrClN3O2/c1-16(2,3)24-15(23)22-9-17(5-4-10(6-17)7-20)12-13(19)11(18)8-21-14(12)22/h8,10H,4-6,9H2,1-3H3. The number of carbonyl (C=O) groups is 1. The summed E-state index contributed by atoms with van der Waals surface area (Å²) < 4.78 is 6.23. The number of amides is 1. The van der Waals surface area contributed by atoms with Crippen LogP contribution < -0.4 is 4.90 Å². The summed E-state index contributed by atoms with van der Waals surface area (Å²) in [6, 6.07) is 2.35. The van der Waals surface area contributed by atoms with Crippen LogP contribution in [-0.4, -0.2) is 23.2 Å². The molecule has 0 bridgehead atoms. The Morgan fingerprint density at radius 1 is 1.58 bits per heavy atom. The van der Waals surface area contributed by atoms with Gasteiger partial charge in [-0.2, -0.15) is 5.26 Å². The van der Waals surface area contributed by atoms with Gasteiger partial charge in [-0.05, 0) is 56.0 Å². The third-order valence-corrected chi connectivity index (χ3v) is 5.83. The number of anilines is 1. The lowest BCUT2D eigenvalue weighted by Crippen LogP contribution is -2.39. The van der Waals surface area contributed by atoms with Gasteiger partial charge in [0.05, 0.1) is 15.6 Å². The van der Waals surface area contributed by atoms with Crippen molar-refractivity contribution in [1.82, 2.24) is 4.98 Å². The molecule has 5 nitrogen and oxygen atoms in total. The van der Waals surface area contributed by atoms with E-state index < -0.39 is 11.7 Å². The lowest BCUT2D eigenvalue weighted by Gasteiger charge is -2.27. The second kappa shape index (κ2) is 5.89. The summed E-state index contributed by atoms with van der Waals surface area (Å²) in [6.45, 7) is 5.96. The van der Waals surface area contributed by atoms with Gasteiger partial charge < -0.3 is 4.74 Å². The highest BCUT2D eigenvalue weighted by atomic mass is 79.9. The fourth-order valence-electron chi connectivity index (χ4n) is 3.66. The van der Waals surface area contributed by atoms with Crippen LogP contribution in [0.5, 0.6) is 0 Å². The summed E-state index contributed by atoms with van der Waals surface area (Å²) in [4.78, 5) is 18.7. The van der Waals surface area contributed by atoms with Crippen molar-refractivity contribution in [2.45, 2.75) is 51.0 Å². The lowest BCUT2D eigenvalue weighted by molar-refractivity contribution is 0.0577. The minimum atomic E-state index is -0.586. The van der Waals surface area contributed by atoms with Crippen molar-refractivity contribution >= 4 is 39.4 Å². The van der Waals surface area contributed by atoms with Crippen LogP contribution >= 0.6 is 27.5 Å². The summed E-state index contributed by atoms with van der Waals surface area (Å²) in [6.07, 6.45) is 3.49. The van der Waals surface area contributed by atoms with Crippen LogP contribution in [0, 0.1) is 17.2 Å². The van der Waals surface area contributed by atoms with E-state index in [0.29, 0.717) is 28.3 Å². The van der Waals surface area contributed by atoms with Crippen molar-refractivity contribution < 1.29 is 9.53 Å². The van der Waals surface area contributed by atoms with Gasteiger partial charge >= 0.3 is 6.09 Å². The maximum absolute atomic E-state index is 12.7. The summed E-state index contributed by atoms with van der Waals surface area (Å²) in [5.41, 5.74) is -0.0421. The van der Waals surface area contributed by atoms with Crippen molar-refractivity contribution in [1.29, 1.82) is 5.26 Å². The summed E-state index contributed by atoms with van der Waals surface area (Å²) in [5.74, 6) is 0.530. The fraction of sp³-hybridized carbons (Fsp3) is 0.588. The molecule has 1 amide bonds. The molecule has 1 aromatic rings. The van der Waals surface area contributed by atoms with E-state index in [1.54, 1.807) is 11.1 Å². The molecule has 2 unspecified atom stereocenters. The van der Waals surface area contributed by atoms with Gasteiger partial charge in [0.1, 0.15) is 11.4 Å². The molecule has 0 saturated heterocycles. The van der Waals surface area contributed by atoms with Gasteiger partial charge in [0, 0.05) is 29.6 Å². The molecule has 2 aliphatic rings. The molecule has 0 radical (unpaired) electrons. The molecule has 1 aliphatic heterocycles. The number of nitriles is 1. The summed E-state index contributed by atoms with van der Waals surface area (Å²) >= 11 is 9.98. The van der Waals surface area contributed by atoms with Gasteiger partial charge in [-0.3, -0.25) is 4.90 Å². The van der Waals surface area contributed by atoms with Gasteiger partial charge in [0.15, 0.2) is 0 Å². The Morgan fingerprint density at radius 3 is 2.88 bits per heavy atom. The smallest absolute Gasteiger partial charge is 0.416 e. The first-order chi connectivity index (χ1) is 11.2. The normalized spacial score (nSPS) is 25.7. The van der Waals surface area contributed by atoms with Crippen LogP contribution in [0.4, 0.5) is 10.6 Å². The van der Waals surface area contributed by atoms with Crippen LogP contribution in [0.2, 0.25) is 5.02 Å². The van der Waals surface area contributed by atoms with Crippen LogP contribution in [0.15, 0.2) is 10.7 Å². The number of carbonyl (C=O) groups excluding carboxylic acids is 1. The first-order valence-electron chi connectivity index (χ1n) is 7.91. The number of hydrogen-bond donors (Lipinski definition) is 0. The van der Waals surface area contributed by atoms with E-state index in [1.807, 2.05) is 20.8 Å². The molecule has 128 valence electrons. The second-order valence-electron chi connectivity index (χ2n) is 7.53. The van der Waals surface area contributed by atoms with Crippen LogP contribution in [-0.2, 0) is 10.2 Å². The maximum atomic E-state index is 12.7. The monoisotopic (exact) mass is 411 g/mol. The van der Waals surface area contributed by atoms with Gasteiger partial charge in [0.2, 0.25) is 0 Å². The molecule has 1 fully saturated rings. The highest BCUT2D eigenvalue weighted by molar-refractivity contribution is 9.10. The van der Waals surface area contributed by atoms with Crippen molar-refractivity contribution in [3.63, 3.8) is 0 Å². The number of aromatic nitrogens is 1. The third-order valence-electron chi connectivity index (χ3n) is 4.60.